The molecular formula is C17H22N2O2. The highest BCUT2D eigenvalue weighted by molar-refractivity contribution is 5.35. The van der Waals surface area contributed by atoms with Crippen LogP contribution in [0.25, 0.3) is 0 Å². The Morgan fingerprint density at radius 2 is 2.00 bits per heavy atom. The molecule has 1 aromatic carbocycles. The lowest BCUT2D eigenvalue weighted by Gasteiger charge is -2.39. The second kappa shape index (κ2) is 5.60. The highest BCUT2D eigenvalue weighted by Gasteiger charge is 2.44. The van der Waals surface area contributed by atoms with Gasteiger partial charge in [0.05, 0.1) is 17.4 Å². The number of aliphatic hydroxyl groups is 1. The first-order chi connectivity index (χ1) is 10.2. The molecule has 4 heteroatoms. The van der Waals surface area contributed by atoms with Gasteiger partial charge in [-0.3, -0.25) is 0 Å². The largest absolute Gasteiger partial charge is 0.393 e. The van der Waals surface area contributed by atoms with Crippen LogP contribution in [-0.4, -0.2) is 21.4 Å². The molecule has 0 amide bonds. The second-order valence-corrected chi connectivity index (χ2v) is 6.01. The number of hydrogen-bond acceptors (Lipinski definition) is 4. The van der Waals surface area contributed by atoms with Gasteiger partial charge in [0, 0.05) is 0 Å². The minimum atomic E-state index is -0.475. The van der Waals surface area contributed by atoms with Crippen LogP contribution < -0.4 is 0 Å². The van der Waals surface area contributed by atoms with Crippen LogP contribution in [0.3, 0.4) is 0 Å². The average Bonchev–Trinajstić information content (AvgIpc) is 2.89. The normalized spacial score (nSPS) is 19.8. The summed E-state index contributed by atoms with van der Waals surface area (Å²) in [5.41, 5.74) is 1.16. The zero-order chi connectivity index (χ0) is 14.9. The topological polar surface area (TPSA) is 59.2 Å². The van der Waals surface area contributed by atoms with E-state index in [2.05, 4.69) is 34.4 Å². The van der Waals surface area contributed by atoms with Crippen LogP contribution in [-0.2, 0) is 5.41 Å². The van der Waals surface area contributed by atoms with E-state index in [9.17, 15) is 5.11 Å². The maximum Gasteiger partial charge on any atom is 0.232 e. The van der Waals surface area contributed by atoms with Gasteiger partial charge >= 0.3 is 0 Å². The van der Waals surface area contributed by atoms with Gasteiger partial charge in [0.2, 0.25) is 5.89 Å². The smallest absolute Gasteiger partial charge is 0.232 e. The van der Waals surface area contributed by atoms with Crippen LogP contribution in [0.5, 0.6) is 0 Å². The van der Waals surface area contributed by atoms with Crippen molar-refractivity contribution >= 4 is 0 Å². The van der Waals surface area contributed by atoms with E-state index in [1.807, 2.05) is 13.0 Å². The lowest BCUT2D eigenvalue weighted by atomic mass is 9.64. The van der Waals surface area contributed by atoms with Crippen molar-refractivity contribution in [2.75, 3.05) is 0 Å². The van der Waals surface area contributed by atoms with E-state index in [0.717, 1.165) is 25.1 Å². The fraction of sp³-hybridized carbons (Fsp3) is 0.529. The molecule has 1 aliphatic rings. The number of aliphatic hydroxyl groups excluding tert-OH is 1. The van der Waals surface area contributed by atoms with Crippen LogP contribution >= 0.6 is 0 Å². The molecule has 1 aromatic heterocycles. The van der Waals surface area contributed by atoms with Crippen molar-refractivity contribution in [3.8, 4) is 0 Å². The van der Waals surface area contributed by atoms with E-state index in [-0.39, 0.29) is 11.3 Å². The van der Waals surface area contributed by atoms with E-state index in [4.69, 9.17) is 4.52 Å². The predicted molar refractivity (Wildman–Crippen MR) is 80.1 cm³/mol. The summed E-state index contributed by atoms with van der Waals surface area (Å²) in [4.78, 5) is 4.64. The second-order valence-electron chi connectivity index (χ2n) is 6.01. The Kier molecular flexibility index (Phi) is 3.81. The first-order valence-electron chi connectivity index (χ1n) is 7.75. The maximum absolute atomic E-state index is 9.84. The number of nitrogens with zero attached hydrogens (tertiary/aromatic N) is 2. The minimum absolute atomic E-state index is 0.0841. The Balaban J connectivity index is 1.95. The van der Waals surface area contributed by atoms with E-state index in [0.29, 0.717) is 5.89 Å². The van der Waals surface area contributed by atoms with E-state index in [1.54, 1.807) is 6.92 Å². The van der Waals surface area contributed by atoms with Crippen LogP contribution in [0, 0.1) is 0 Å². The van der Waals surface area contributed by atoms with Gasteiger partial charge in [-0.05, 0) is 31.7 Å². The summed E-state index contributed by atoms with van der Waals surface area (Å²) in [6.45, 7) is 3.80. The van der Waals surface area contributed by atoms with Crippen molar-refractivity contribution < 1.29 is 9.63 Å². The lowest BCUT2D eigenvalue weighted by molar-refractivity contribution is 0.141. The Bertz CT molecular complexity index is 588. The Hall–Kier alpha value is -1.68. The molecule has 0 saturated heterocycles. The van der Waals surface area contributed by atoms with Crippen LogP contribution in [0.2, 0.25) is 0 Å². The molecule has 0 spiro atoms. The molecule has 0 radical (unpaired) electrons. The summed E-state index contributed by atoms with van der Waals surface area (Å²) in [6.07, 6.45) is 3.62. The first kappa shape index (κ1) is 14.3. The van der Waals surface area contributed by atoms with Gasteiger partial charge in [-0.15, -0.1) is 0 Å². The molecular weight excluding hydrogens is 264 g/mol. The number of benzene rings is 1. The molecule has 2 unspecified atom stereocenters. The van der Waals surface area contributed by atoms with Crippen molar-refractivity contribution in [1.29, 1.82) is 0 Å². The summed E-state index contributed by atoms with van der Waals surface area (Å²) in [6, 6.07) is 10.4. The van der Waals surface area contributed by atoms with Crippen molar-refractivity contribution in [1.82, 2.24) is 10.1 Å². The molecule has 4 nitrogen and oxygen atoms in total. The van der Waals surface area contributed by atoms with Gasteiger partial charge in [0.25, 0.3) is 0 Å². The molecule has 0 bridgehead atoms. The highest BCUT2D eigenvalue weighted by Crippen LogP contribution is 2.47. The molecule has 2 atom stereocenters. The SMILES string of the molecule is CCC(c1nc(C2(c3ccccc3)CCC2)no1)C(C)O. The molecule has 2 aromatic rings. The maximum atomic E-state index is 9.84. The zero-order valence-corrected chi connectivity index (χ0v) is 12.6. The highest BCUT2D eigenvalue weighted by atomic mass is 16.5. The lowest BCUT2D eigenvalue weighted by Crippen LogP contribution is -2.36. The van der Waals surface area contributed by atoms with Crippen molar-refractivity contribution in [2.24, 2.45) is 0 Å². The third-order valence-corrected chi connectivity index (χ3v) is 4.74. The summed E-state index contributed by atoms with van der Waals surface area (Å²) in [7, 11) is 0. The molecule has 1 aliphatic carbocycles. The Morgan fingerprint density at radius 1 is 1.29 bits per heavy atom. The van der Waals surface area contributed by atoms with E-state index < -0.39 is 6.10 Å². The predicted octanol–water partition coefficient (Wildman–Crippen LogP) is 3.41. The summed E-state index contributed by atoms with van der Waals surface area (Å²) < 4.78 is 5.46. The third kappa shape index (κ3) is 2.38. The first-order valence-corrected chi connectivity index (χ1v) is 7.75. The average molecular weight is 286 g/mol. The minimum Gasteiger partial charge on any atom is -0.393 e. The van der Waals surface area contributed by atoms with Crippen molar-refractivity contribution in [3.63, 3.8) is 0 Å². The molecule has 1 saturated carbocycles. The standard InChI is InChI=1S/C17H22N2O2/c1-3-14(12(2)20)15-18-16(19-21-15)17(10-7-11-17)13-8-5-4-6-9-13/h4-6,8-9,12,14,20H,3,7,10-11H2,1-2H3. The van der Waals surface area contributed by atoms with Crippen LogP contribution in [0.15, 0.2) is 34.9 Å². The van der Waals surface area contributed by atoms with Gasteiger partial charge in [-0.2, -0.15) is 4.98 Å². The summed E-state index contributed by atoms with van der Waals surface area (Å²) >= 11 is 0. The van der Waals surface area contributed by atoms with Gasteiger partial charge in [-0.1, -0.05) is 48.8 Å². The number of rotatable bonds is 5. The van der Waals surface area contributed by atoms with Gasteiger partial charge < -0.3 is 9.63 Å². The van der Waals surface area contributed by atoms with Crippen LogP contribution in [0.1, 0.15) is 62.7 Å². The number of aromatic nitrogens is 2. The number of hydrogen-bond donors (Lipinski definition) is 1. The van der Waals surface area contributed by atoms with Crippen LogP contribution in [0.4, 0.5) is 0 Å². The van der Waals surface area contributed by atoms with Crippen molar-refractivity contribution in [3.05, 3.63) is 47.6 Å². The third-order valence-electron chi connectivity index (χ3n) is 4.74. The fourth-order valence-electron chi connectivity index (χ4n) is 3.23. The zero-order valence-electron chi connectivity index (χ0n) is 12.6. The molecule has 1 N–H and O–H groups in total. The molecule has 0 aliphatic heterocycles. The summed E-state index contributed by atoms with van der Waals surface area (Å²) in [5, 5.41) is 14.1. The quantitative estimate of drug-likeness (QED) is 0.915. The Labute approximate surface area is 125 Å². The molecule has 3 rings (SSSR count). The van der Waals surface area contributed by atoms with Gasteiger partial charge in [0.15, 0.2) is 5.82 Å². The van der Waals surface area contributed by atoms with E-state index in [1.165, 1.54) is 12.0 Å². The molecule has 1 heterocycles. The molecule has 112 valence electrons. The van der Waals surface area contributed by atoms with Crippen molar-refractivity contribution in [2.45, 2.75) is 57.0 Å². The molecule has 1 fully saturated rings. The fourth-order valence-corrected chi connectivity index (χ4v) is 3.23. The van der Waals surface area contributed by atoms with E-state index >= 15 is 0 Å². The monoisotopic (exact) mass is 286 g/mol. The van der Waals surface area contributed by atoms with Gasteiger partial charge in [-0.25, -0.2) is 0 Å². The Morgan fingerprint density at radius 3 is 2.52 bits per heavy atom. The molecule has 21 heavy (non-hydrogen) atoms. The van der Waals surface area contributed by atoms with Gasteiger partial charge in [0.1, 0.15) is 0 Å². The summed E-state index contributed by atoms with van der Waals surface area (Å²) in [5.74, 6) is 1.25.